The number of hydrogen-bond acceptors (Lipinski definition) is 4. The van der Waals surface area contributed by atoms with E-state index in [4.69, 9.17) is 4.74 Å². The van der Waals surface area contributed by atoms with Crippen LogP contribution in [0.1, 0.15) is 49.5 Å². The lowest BCUT2D eigenvalue weighted by atomic mass is 9.91. The Balaban J connectivity index is 1.86. The second kappa shape index (κ2) is 7.20. The van der Waals surface area contributed by atoms with E-state index < -0.39 is 23.2 Å². The molecule has 0 aromatic heterocycles. The molecule has 7 heteroatoms. The first-order valence-corrected chi connectivity index (χ1v) is 9.62. The number of carboxylic acid groups (broad SMARTS) is 1. The molecule has 7 nitrogen and oxygen atoms in total. The Labute approximate surface area is 165 Å². The maximum atomic E-state index is 13.2. The van der Waals surface area contributed by atoms with Crippen molar-refractivity contribution in [3.05, 3.63) is 35.4 Å². The zero-order chi connectivity index (χ0) is 20.7. The van der Waals surface area contributed by atoms with E-state index in [1.54, 1.807) is 17.0 Å². The molecule has 2 aliphatic heterocycles. The molecule has 1 N–H and O–H groups in total. The van der Waals surface area contributed by atoms with Crippen LogP contribution in [0, 0.1) is 12.3 Å². The van der Waals surface area contributed by atoms with Gasteiger partial charge in [-0.25, -0.2) is 4.79 Å². The highest BCUT2D eigenvalue weighted by Gasteiger charge is 2.54. The van der Waals surface area contributed by atoms with Gasteiger partial charge < -0.3 is 14.7 Å². The molecule has 2 saturated heterocycles. The maximum Gasteiger partial charge on any atom is 0.328 e. The molecule has 1 aromatic carbocycles. The highest BCUT2D eigenvalue weighted by atomic mass is 16.5. The first-order chi connectivity index (χ1) is 13.0. The molecule has 0 bridgehead atoms. The quantitative estimate of drug-likeness (QED) is 0.840. The molecule has 0 aliphatic carbocycles. The molecule has 1 atom stereocenters. The lowest BCUT2D eigenvalue weighted by Gasteiger charge is -2.45. The van der Waals surface area contributed by atoms with Gasteiger partial charge in [0.15, 0.2) is 6.04 Å². The van der Waals surface area contributed by atoms with Gasteiger partial charge in [-0.1, -0.05) is 38.5 Å². The molecular weight excluding hydrogens is 360 g/mol. The lowest BCUT2D eigenvalue weighted by molar-refractivity contribution is -0.152. The van der Waals surface area contributed by atoms with Crippen LogP contribution in [-0.4, -0.2) is 64.2 Å². The summed E-state index contributed by atoms with van der Waals surface area (Å²) in [6.07, 6.45) is 0.798. The van der Waals surface area contributed by atoms with Gasteiger partial charge in [0.05, 0.1) is 6.61 Å². The number of aryl methyl sites for hydroxylation is 1. The van der Waals surface area contributed by atoms with Crippen molar-refractivity contribution < 1.29 is 24.2 Å². The maximum absolute atomic E-state index is 13.2. The Bertz CT molecular complexity index is 773. The van der Waals surface area contributed by atoms with E-state index in [9.17, 15) is 19.5 Å². The molecule has 0 saturated carbocycles. The molecule has 2 aliphatic rings. The van der Waals surface area contributed by atoms with E-state index in [2.05, 4.69) is 0 Å². The average Bonchev–Trinajstić information content (AvgIpc) is 3.00. The molecule has 2 amide bonds. The molecular formula is C21H28N2O5. The summed E-state index contributed by atoms with van der Waals surface area (Å²) in [5.41, 5.74) is -0.00972. The summed E-state index contributed by atoms with van der Waals surface area (Å²) in [6.45, 7) is 8.37. The number of nitrogens with zero attached hydrogens (tertiary/aromatic N) is 2. The normalized spacial score (nSPS) is 21.8. The van der Waals surface area contributed by atoms with Crippen LogP contribution in [0.25, 0.3) is 0 Å². The minimum absolute atomic E-state index is 0.0415. The van der Waals surface area contributed by atoms with Crippen molar-refractivity contribution >= 4 is 17.8 Å². The lowest BCUT2D eigenvalue weighted by Crippen LogP contribution is -2.59. The predicted molar refractivity (Wildman–Crippen MR) is 103 cm³/mol. The van der Waals surface area contributed by atoms with Crippen LogP contribution in [0.3, 0.4) is 0 Å². The van der Waals surface area contributed by atoms with Crippen LogP contribution >= 0.6 is 0 Å². The van der Waals surface area contributed by atoms with E-state index in [0.717, 1.165) is 5.56 Å². The average molecular weight is 388 g/mol. The number of benzene rings is 1. The van der Waals surface area contributed by atoms with Crippen LogP contribution < -0.4 is 0 Å². The van der Waals surface area contributed by atoms with E-state index in [1.165, 1.54) is 4.90 Å². The Hall–Kier alpha value is -2.41. The third kappa shape index (κ3) is 3.63. The Morgan fingerprint density at radius 1 is 1.11 bits per heavy atom. The number of carboxylic acids is 1. The van der Waals surface area contributed by atoms with Crippen LogP contribution in [-0.2, 0) is 14.3 Å². The largest absolute Gasteiger partial charge is 0.480 e. The summed E-state index contributed by atoms with van der Waals surface area (Å²) in [7, 11) is 0. The molecule has 0 radical (unpaired) electrons. The summed E-state index contributed by atoms with van der Waals surface area (Å²) in [6, 6.07) is 6.05. The molecule has 2 fully saturated rings. The zero-order valence-corrected chi connectivity index (χ0v) is 16.9. The van der Waals surface area contributed by atoms with Crippen molar-refractivity contribution in [2.24, 2.45) is 5.41 Å². The smallest absolute Gasteiger partial charge is 0.328 e. The summed E-state index contributed by atoms with van der Waals surface area (Å²) in [5.74, 6) is -1.38. The van der Waals surface area contributed by atoms with Gasteiger partial charge in [-0.05, 0) is 19.1 Å². The molecule has 3 rings (SSSR count). The Morgan fingerprint density at radius 3 is 2.18 bits per heavy atom. The van der Waals surface area contributed by atoms with Crippen LogP contribution in [0.5, 0.6) is 0 Å². The number of likely N-dealkylation sites (tertiary alicyclic amines) is 1. The summed E-state index contributed by atoms with van der Waals surface area (Å²) < 4.78 is 5.93. The summed E-state index contributed by atoms with van der Waals surface area (Å²) in [5, 5.41) is 9.65. The standard InChI is InChI=1S/C21H28N2O5/c1-14-5-7-15(8-6-14)17(24)23-16(18(25)26)13-28-21(23)9-11-22(12-10-21)19(27)20(2,3)4/h5-8,16H,9-13H2,1-4H3,(H,25,26)/t16-/m1/s1. The zero-order valence-electron chi connectivity index (χ0n) is 16.9. The molecule has 28 heavy (non-hydrogen) atoms. The second-order valence-corrected chi connectivity index (χ2v) is 8.69. The van der Waals surface area contributed by atoms with Crippen LogP contribution in [0.2, 0.25) is 0 Å². The summed E-state index contributed by atoms with van der Waals surface area (Å²) >= 11 is 0. The molecule has 2 heterocycles. The van der Waals surface area contributed by atoms with Crippen LogP contribution in [0.15, 0.2) is 24.3 Å². The number of aliphatic carboxylic acids is 1. The number of rotatable bonds is 2. The van der Waals surface area contributed by atoms with Gasteiger partial charge in [0.2, 0.25) is 5.91 Å². The predicted octanol–water partition coefficient (Wildman–Crippen LogP) is 2.29. The number of amides is 2. The minimum atomic E-state index is -1.08. The van der Waals surface area contributed by atoms with Crippen molar-refractivity contribution in [2.45, 2.75) is 52.3 Å². The van der Waals surface area contributed by atoms with Crippen molar-refractivity contribution in [3.8, 4) is 0 Å². The van der Waals surface area contributed by atoms with Gasteiger partial charge in [-0.2, -0.15) is 0 Å². The van der Waals surface area contributed by atoms with Gasteiger partial charge in [-0.3, -0.25) is 14.5 Å². The van der Waals surface area contributed by atoms with Crippen molar-refractivity contribution in [1.82, 2.24) is 9.80 Å². The number of piperidine rings is 1. The monoisotopic (exact) mass is 388 g/mol. The van der Waals surface area contributed by atoms with E-state index in [0.29, 0.717) is 31.5 Å². The van der Waals surface area contributed by atoms with Gasteiger partial charge in [0.1, 0.15) is 5.72 Å². The first-order valence-electron chi connectivity index (χ1n) is 9.62. The highest BCUT2D eigenvalue weighted by Crippen LogP contribution is 2.39. The Morgan fingerprint density at radius 2 is 1.68 bits per heavy atom. The third-order valence-electron chi connectivity index (χ3n) is 5.54. The Kier molecular flexibility index (Phi) is 5.23. The second-order valence-electron chi connectivity index (χ2n) is 8.69. The van der Waals surface area contributed by atoms with Gasteiger partial charge in [-0.15, -0.1) is 0 Å². The fourth-order valence-corrected chi connectivity index (χ4v) is 3.92. The number of ether oxygens (including phenoxy) is 1. The van der Waals surface area contributed by atoms with E-state index in [-0.39, 0.29) is 18.4 Å². The molecule has 0 unspecified atom stereocenters. The van der Waals surface area contributed by atoms with Crippen molar-refractivity contribution in [1.29, 1.82) is 0 Å². The van der Waals surface area contributed by atoms with Crippen molar-refractivity contribution in [3.63, 3.8) is 0 Å². The number of hydrogen-bond donors (Lipinski definition) is 1. The number of carbonyl (C=O) groups excluding carboxylic acids is 2. The molecule has 1 aromatic rings. The first kappa shape index (κ1) is 20.3. The highest BCUT2D eigenvalue weighted by molar-refractivity contribution is 5.97. The van der Waals surface area contributed by atoms with Gasteiger partial charge in [0.25, 0.3) is 5.91 Å². The fraction of sp³-hybridized carbons (Fsp3) is 0.571. The number of carbonyl (C=O) groups is 3. The van der Waals surface area contributed by atoms with Gasteiger partial charge in [0, 0.05) is 36.9 Å². The molecule has 1 spiro atoms. The van der Waals surface area contributed by atoms with Gasteiger partial charge >= 0.3 is 5.97 Å². The minimum Gasteiger partial charge on any atom is -0.480 e. The van der Waals surface area contributed by atoms with Crippen LogP contribution in [0.4, 0.5) is 0 Å². The SMILES string of the molecule is Cc1ccc(C(=O)N2[C@@H](C(=O)O)COC23CCN(C(=O)C(C)(C)C)CC3)cc1. The fourth-order valence-electron chi connectivity index (χ4n) is 3.92. The van der Waals surface area contributed by atoms with Crippen molar-refractivity contribution in [2.75, 3.05) is 19.7 Å². The third-order valence-corrected chi connectivity index (χ3v) is 5.54. The molecule has 152 valence electrons. The van der Waals surface area contributed by atoms with E-state index >= 15 is 0 Å². The van der Waals surface area contributed by atoms with E-state index in [1.807, 2.05) is 39.8 Å². The summed E-state index contributed by atoms with van der Waals surface area (Å²) in [4.78, 5) is 40.8. The topological polar surface area (TPSA) is 87.2 Å².